The van der Waals surface area contributed by atoms with Crippen LogP contribution in [0.15, 0.2) is 4.42 Å². The molecule has 0 fully saturated rings. The van der Waals surface area contributed by atoms with Crippen LogP contribution in [0, 0.1) is 26.2 Å². The molecule has 1 unspecified atom stereocenters. The number of rotatable bonds is 2. The predicted molar refractivity (Wildman–Crippen MR) is 51.7 cm³/mol. The van der Waals surface area contributed by atoms with E-state index in [-0.39, 0.29) is 17.7 Å². The topological polar surface area (TPSA) is 55.1 Å². The Morgan fingerprint density at radius 3 is 2.71 bits per heavy atom. The number of nitrogens with one attached hydrogen (secondary N) is 1. The summed E-state index contributed by atoms with van der Waals surface area (Å²) in [6.45, 7) is 5.12. The standard InChI is InChI=1S/C10H12N2O2/c1-5-6(2)11-10(13)9-7(3)12-8(4)14-9/h1,6H,2-4H3,(H,11,13). The number of carbonyl (C=O) groups excluding carboxylic acids is 1. The highest BCUT2D eigenvalue weighted by molar-refractivity contribution is 5.92. The van der Waals surface area contributed by atoms with E-state index < -0.39 is 0 Å². The minimum absolute atomic E-state index is 0.226. The van der Waals surface area contributed by atoms with Gasteiger partial charge in [0.25, 0.3) is 5.91 Å². The van der Waals surface area contributed by atoms with Gasteiger partial charge in [0, 0.05) is 6.92 Å². The van der Waals surface area contributed by atoms with Crippen molar-refractivity contribution in [2.75, 3.05) is 0 Å². The molecule has 1 atom stereocenters. The summed E-state index contributed by atoms with van der Waals surface area (Å²) in [7, 11) is 0. The summed E-state index contributed by atoms with van der Waals surface area (Å²) in [6, 6.07) is -0.313. The first-order chi connectivity index (χ1) is 6.54. The van der Waals surface area contributed by atoms with E-state index in [1.54, 1.807) is 20.8 Å². The van der Waals surface area contributed by atoms with Crippen LogP contribution >= 0.6 is 0 Å². The van der Waals surface area contributed by atoms with Crippen molar-refractivity contribution in [1.82, 2.24) is 10.3 Å². The number of aryl methyl sites for hydroxylation is 2. The average molecular weight is 192 g/mol. The second-order valence-electron chi connectivity index (χ2n) is 3.01. The Hall–Kier alpha value is -1.76. The highest BCUT2D eigenvalue weighted by atomic mass is 16.4. The smallest absolute Gasteiger partial charge is 0.289 e. The number of terminal acetylenes is 1. The zero-order chi connectivity index (χ0) is 10.7. The van der Waals surface area contributed by atoms with Crippen molar-refractivity contribution in [1.29, 1.82) is 0 Å². The molecule has 0 bridgehead atoms. The van der Waals surface area contributed by atoms with Gasteiger partial charge in [-0.3, -0.25) is 4.79 Å². The number of aromatic nitrogens is 1. The summed E-state index contributed by atoms with van der Waals surface area (Å²) in [4.78, 5) is 15.5. The van der Waals surface area contributed by atoms with Gasteiger partial charge < -0.3 is 9.73 Å². The van der Waals surface area contributed by atoms with Gasteiger partial charge in [-0.25, -0.2) is 4.98 Å². The molecular weight excluding hydrogens is 180 g/mol. The number of hydrogen-bond acceptors (Lipinski definition) is 3. The first-order valence-electron chi connectivity index (χ1n) is 4.25. The van der Waals surface area contributed by atoms with E-state index in [1.165, 1.54) is 0 Å². The summed E-state index contributed by atoms with van der Waals surface area (Å²) < 4.78 is 5.13. The third-order valence-corrected chi connectivity index (χ3v) is 1.71. The Kier molecular flexibility index (Phi) is 2.92. The van der Waals surface area contributed by atoms with E-state index in [0.717, 1.165) is 0 Å². The SMILES string of the molecule is C#CC(C)NC(=O)c1oc(C)nc1C. The van der Waals surface area contributed by atoms with Crippen molar-refractivity contribution in [3.05, 3.63) is 17.3 Å². The second-order valence-corrected chi connectivity index (χ2v) is 3.01. The zero-order valence-electron chi connectivity index (χ0n) is 8.42. The Bertz CT molecular complexity index is 387. The number of amides is 1. The molecule has 1 amide bonds. The van der Waals surface area contributed by atoms with E-state index in [9.17, 15) is 4.79 Å². The lowest BCUT2D eigenvalue weighted by Crippen LogP contribution is -2.31. The van der Waals surface area contributed by atoms with Crippen molar-refractivity contribution in [3.8, 4) is 12.3 Å². The third kappa shape index (κ3) is 2.13. The summed E-state index contributed by atoms with van der Waals surface area (Å²) in [5.74, 6) is 2.77. The highest BCUT2D eigenvalue weighted by Crippen LogP contribution is 2.08. The van der Waals surface area contributed by atoms with Crippen molar-refractivity contribution < 1.29 is 9.21 Å². The van der Waals surface area contributed by atoms with Gasteiger partial charge in [0.15, 0.2) is 5.89 Å². The van der Waals surface area contributed by atoms with Gasteiger partial charge in [0.05, 0.1) is 11.7 Å². The Labute approximate surface area is 82.7 Å². The molecule has 0 aromatic carbocycles. The fourth-order valence-corrected chi connectivity index (χ4v) is 1.05. The molecule has 1 rings (SSSR count). The summed E-state index contributed by atoms with van der Waals surface area (Å²) >= 11 is 0. The first kappa shape index (κ1) is 10.3. The largest absolute Gasteiger partial charge is 0.436 e. The van der Waals surface area contributed by atoms with Gasteiger partial charge in [-0.15, -0.1) is 6.42 Å². The molecule has 0 radical (unpaired) electrons. The number of nitrogens with zero attached hydrogens (tertiary/aromatic N) is 1. The lowest BCUT2D eigenvalue weighted by Gasteiger charge is -2.04. The normalized spacial score (nSPS) is 11.9. The molecule has 0 spiro atoms. The summed E-state index contributed by atoms with van der Waals surface area (Å²) in [6.07, 6.45) is 5.13. The van der Waals surface area contributed by atoms with Crippen LogP contribution in [0.3, 0.4) is 0 Å². The molecule has 0 aliphatic rings. The Morgan fingerprint density at radius 1 is 1.64 bits per heavy atom. The zero-order valence-corrected chi connectivity index (χ0v) is 8.42. The van der Waals surface area contributed by atoms with Crippen LogP contribution in [0.25, 0.3) is 0 Å². The maximum Gasteiger partial charge on any atom is 0.289 e. The van der Waals surface area contributed by atoms with E-state index in [1.807, 2.05) is 0 Å². The molecule has 14 heavy (non-hydrogen) atoms. The Morgan fingerprint density at radius 2 is 2.29 bits per heavy atom. The van der Waals surface area contributed by atoms with Crippen LogP contribution in [-0.4, -0.2) is 16.9 Å². The van der Waals surface area contributed by atoms with Crippen molar-refractivity contribution in [2.45, 2.75) is 26.8 Å². The molecule has 1 aromatic rings. The molecule has 0 saturated heterocycles. The third-order valence-electron chi connectivity index (χ3n) is 1.71. The van der Waals surface area contributed by atoms with Crippen LogP contribution < -0.4 is 5.32 Å². The number of hydrogen-bond donors (Lipinski definition) is 1. The molecule has 0 aliphatic carbocycles. The van der Waals surface area contributed by atoms with Gasteiger partial charge in [-0.2, -0.15) is 0 Å². The Balaban J connectivity index is 2.80. The highest BCUT2D eigenvalue weighted by Gasteiger charge is 2.16. The monoisotopic (exact) mass is 192 g/mol. The molecule has 4 nitrogen and oxygen atoms in total. The van der Waals surface area contributed by atoms with Crippen LogP contribution in [0.1, 0.15) is 29.1 Å². The molecule has 1 aromatic heterocycles. The minimum atomic E-state index is -0.325. The van der Waals surface area contributed by atoms with Gasteiger partial charge in [-0.05, 0) is 13.8 Å². The maximum absolute atomic E-state index is 11.5. The fraction of sp³-hybridized carbons (Fsp3) is 0.400. The van der Waals surface area contributed by atoms with E-state index in [0.29, 0.717) is 11.6 Å². The van der Waals surface area contributed by atoms with E-state index in [4.69, 9.17) is 10.8 Å². The molecule has 74 valence electrons. The minimum Gasteiger partial charge on any atom is -0.436 e. The fourth-order valence-electron chi connectivity index (χ4n) is 1.05. The van der Waals surface area contributed by atoms with Crippen LogP contribution in [0.5, 0.6) is 0 Å². The van der Waals surface area contributed by atoms with Crippen LogP contribution in [0.2, 0.25) is 0 Å². The predicted octanol–water partition coefficient (Wildman–Crippen LogP) is 1.04. The van der Waals surface area contributed by atoms with Crippen molar-refractivity contribution in [2.24, 2.45) is 0 Å². The van der Waals surface area contributed by atoms with Gasteiger partial charge in [0.1, 0.15) is 0 Å². The molecule has 1 heterocycles. The molecule has 1 N–H and O–H groups in total. The average Bonchev–Trinajstić information content (AvgIpc) is 2.45. The number of carbonyl (C=O) groups is 1. The van der Waals surface area contributed by atoms with Crippen molar-refractivity contribution in [3.63, 3.8) is 0 Å². The molecule has 0 aliphatic heterocycles. The number of oxazole rings is 1. The summed E-state index contributed by atoms with van der Waals surface area (Å²) in [5, 5.41) is 2.59. The van der Waals surface area contributed by atoms with Gasteiger partial charge >= 0.3 is 0 Å². The maximum atomic E-state index is 11.5. The molecular formula is C10H12N2O2. The second kappa shape index (κ2) is 3.97. The van der Waals surface area contributed by atoms with Crippen LogP contribution in [0.4, 0.5) is 0 Å². The molecule has 4 heteroatoms. The van der Waals surface area contributed by atoms with E-state index in [2.05, 4.69) is 16.2 Å². The lowest BCUT2D eigenvalue weighted by molar-refractivity contribution is 0.0918. The van der Waals surface area contributed by atoms with Crippen molar-refractivity contribution >= 4 is 5.91 Å². The van der Waals surface area contributed by atoms with Gasteiger partial charge in [0.2, 0.25) is 5.76 Å². The van der Waals surface area contributed by atoms with E-state index >= 15 is 0 Å². The molecule has 0 saturated carbocycles. The quantitative estimate of drug-likeness (QED) is 0.712. The first-order valence-corrected chi connectivity index (χ1v) is 4.25. The van der Waals surface area contributed by atoms with Crippen LogP contribution in [-0.2, 0) is 0 Å². The van der Waals surface area contributed by atoms with Gasteiger partial charge in [-0.1, -0.05) is 5.92 Å². The summed E-state index contributed by atoms with van der Waals surface area (Å²) in [5.41, 5.74) is 0.573. The lowest BCUT2D eigenvalue weighted by atomic mass is 10.3.